The van der Waals surface area contributed by atoms with E-state index < -0.39 is 43.4 Å². The number of nitrogens with zero attached hydrogens (tertiary/aromatic N) is 2. The molecule has 0 saturated heterocycles. The molecule has 2 N–H and O–H groups in total. The molecule has 2 aromatic heterocycles. The second-order valence-corrected chi connectivity index (χ2v) is 21.8. The third kappa shape index (κ3) is 10.8. The molecule has 2 amide bonds. The minimum atomic E-state index is -2.12. The molecule has 51 heavy (non-hydrogen) atoms. The molecular formula is C35H41IN4O8S2Si. The summed E-state index contributed by atoms with van der Waals surface area (Å²) in [6.45, 7) is 13.4. The van der Waals surface area contributed by atoms with Gasteiger partial charge in [0, 0.05) is 14.7 Å². The van der Waals surface area contributed by atoms with Crippen LogP contribution in [0.5, 0.6) is 0 Å². The van der Waals surface area contributed by atoms with Crippen LogP contribution in [0.2, 0.25) is 19.1 Å². The quantitative estimate of drug-likeness (QED) is 0.0647. The van der Waals surface area contributed by atoms with E-state index in [9.17, 15) is 19.2 Å². The number of thiazole rings is 2. The Morgan fingerprint density at radius 3 is 1.75 bits per heavy atom. The van der Waals surface area contributed by atoms with E-state index in [1.54, 1.807) is 20.8 Å². The smallest absolute Gasteiger partial charge is 0.412 e. The normalized spacial score (nSPS) is 11.8. The summed E-state index contributed by atoms with van der Waals surface area (Å²) in [6, 6.07) is 16.4. The van der Waals surface area contributed by atoms with Crippen molar-refractivity contribution in [2.24, 2.45) is 0 Å². The number of halogens is 1. The van der Waals surface area contributed by atoms with Crippen LogP contribution >= 0.6 is 45.3 Å². The van der Waals surface area contributed by atoms with Crippen LogP contribution in [0.1, 0.15) is 62.0 Å². The number of esters is 2. The van der Waals surface area contributed by atoms with Gasteiger partial charge in [-0.2, -0.15) is 0 Å². The van der Waals surface area contributed by atoms with Gasteiger partial charge in [-0.1, -0.05) is 77.4 Å². The van der Waals surface area contributed by atoms with Gasteiger partial charge in [0.2, 0.25) is 0 Å². The fourth-order valence-corrected chi connectivity index (χ4v) is 9.82. The molecule has 272 valence electrons. The van der Waals surface area contributed by atoms with Crippen molar-refractivity contribution in [3.8, 4) is 21.1 Å². The van der Waals surface area contributed by atoms with Crippen LogP contribution < -0.4 is 15.8 Å². The van der Waals surface area contributed by atoms with E-state index in [2.05, 4.69) is 62.4 Å². The predicted molar refractivity (Wildman–Crippen MR) is 211 cm³/mol. The topological polar surface area (TPSA) is 155 Å². The third-order valence-corrected chi connectivity index (χ3v) is 13.6. The van der Waals surface area contributed by atoms with Crippen molar-refractivity contribution in [2.45, 2.75) is 71.4 Å². The first-order valence-corrected chi connectivity index (χ1v) is 21.8. The summed E-state index contributed by atoms with van der Waals surface area (Å²) in [6.07, 6.45) is -0.838. The van der Waals surface area contributed by atoms with Gasteiger partial charge < -0.3 is 18.9 Å². The van der Waals surface area contributed by atoms with Gasteiger partial charge >= 0.3 is 24.1 Å². The summed E-state index contributed by atoms with van der Waals surface area (Å²) in [5, 5.41) is 8.05. The van der Waals surface area contributed by atoms with Crippen molar-refractivity contribution in [3.63, 3.8) is 0 Å². The number of carbonyl (C=O) groups excluding carboxylic acids is 4. The second-order valence-electron chi connectivity index (χ2n) is 13.8. The average Bonchev–Trinajstić information content (AvgIpc) is 3.66. The Bertz CT molecular complexity index is 1940. The highest BCUT2D eigenvalue weighted by Gasteiger charge is 2.32. The van der Waals surface area contributed by atoms with E-state index in [4.69, 9.17) is 18.9 Å². The lowest BCUT2D eigenvalue weighted by Crippen LogP contribution is -2.43. The molecule has 2 aromatic carbocycles. The molecule has 0 unspecified atom stereocenters. The van der Waals surface area contributed by atoms with E-state index in [0.29, 0.717) is 16.4 Å². The fraction of sp³-hybridized carbons (Fsp3) is 0.371. The molecule has 2 heterocycles. The van der Waals surface area contributed by atoms with Gasteiger partial charge in [-0.25, -0.2) is 29.1 Å². The number of ether oxygens (including phenoxy) is 4. The zero-order valence-corrected chi connectivity index (χ0v) is 34.7. The fourth-order valence-electron chi connectivity index (χ4n) is 4.80. The first-order chi connectivity index (χ1) is 23.8. The first kappa shape index (κ1) is 39.9. The number of amides is 2. The van der Waals surface area contributed by atoms with Gasteiger partial charge in [0.15, 0.2) is 11.4 Å². The number of methoxy groups -OCH3 is 2. The van der Waals surface area contributed by atoms with Crippen LogP contribution in [-0.4, -0.2) is 67.6 Å². The number of nitrogens with one attached hydrogen (secondary N) is 2. The number of anilines is 2. The molecule has 4 aromatic rings. The van der Waals surface area contributed by atoms with Gasteiger partial charge in [-0.15, -0.1) is 0 Å². The zero-order chi connectivity index (χ0) is 37.7. The van der Waals surface area contributed by atoms with Crippen molar-refractivity contribution in [3.05, 3.63) is 63.5 Å². The minimum Gasteiger partial charge on any atom is -0.464 e. The molecular weight excluding hydrogens is 824 g/mol. The van der Waals surface area contributed by atoms with Gasteiger partial charge in [-0.05, 0) is 81.8 Å². The van der Waals surface area contributed by atoms with Crippen LogP contribution in [-0.2, 0) is 18.9 Å². The Morgan fingerprint density at radius 1 is 0.765 bits per heavy atom. The lowest BCUT2D eigenvalue weighted by atomic mass is 10.1. The van der Waals surface area contributed by atoms with Gasteiger partial charge in [0.25, 0.3) is 0 Å². The van der Waals surface area contributed by atoms with Crippen LogP contribution in [0.15, 0.2) is 48.5 Å². The first-order valence-electron chi connectivity index (χ1n) is 15.9. The molecule has 4 rings (SSSR count). The number of aromatic nitrogens is 2. The Kier molecular flexibility index (Phi) is 12.7. The predicted octanol–water partition coefficient (Wildman–Crippen LogP) is 8.79. The van der Waals surface area contributed by atoms with Crippen molar-refractivity contribution in [1.29, 1.82) is 0 Å². The number of hydrogen-bond donors (Lipinski definition) is 2. The summed E-state index contributed by atoms with van der Waals surface area (Å²) in [7, 11) is 0.394. The Hall–Kier alpha value is -3.87. The van der Waals surface area contributed by atoms with Gasteiger partial charge in [0.05, 0.1) is 22.3 Å². The monoisotopic (exact) mass is 864 g/mol. The Morgan fingerprint density at radius 2 is 1.25 bits per heavy atom. The highest BCUT2D eigenvalue weighted by atomic mass is 127. The number of hydrogen-bond acceptors (Lipinski definition) is 12. The lowest BCUT2D eigenvalue weighted by Gasteiger charge is -2.30. The summed E-state index contributed by atoms with van der Waals surface area (Å²) < 4.78 is 22.1. The highest BCUT2D eigenvalue weighted by molar-refractivity contribution is 14.1. The van der Waals surface area contributed by atoms with E-state index >= 15 is 0 Å². The van der Waals surface area contributed by atoms with Crippen LogP contribution in [0.25, 0.3) is 21.1 Å². The number of carbonyl (C=O) groups is 4. The largest absolute Gasteiger partial charge is 0.464 e. The van der Waals surface area contributed by atoms with Crippen molar-refractivity contribution in [2.75, 3.05) is 24.9 Å². The maximum atomic E-state index is 13.2. The molecule has 0 aliphatic heterocycles. The maximum absolute atomic E-state index is 13.2. The molecule has 0 spiro atoms. The summed E-state index contributed by atoms with van der Waals surface area (Å²) in [4.78, 5) is 59.6. The Balaban J connectivity index is 1.47. The molecule has 0 radical (unpaired) electrons. The number of benzene rings is 2. The average molecular weight is 865 g/mol. The maximum Gasteiger partial charge on any atom is 0.412 e. The summed E-state index contributed by atoms with van der Waals surface area (Å²) >= 11 is 4.52. The van der Waals surface area contributed by atoms with Crippen LogP contribution in [0.3, 0.4) is 0 Å². The van der Waals surface area contributed by atoms with Crippen molar-refractivity contribution in [1.82, 2.24) is 9.97 Å². The zero-order valence-electron chi connectivity index (χ0n) is 29.9. The van der Waals surface area contributed by atoms with Crippen LogP contribution in [0.4, 0.5) is 19.6 Å². The van der Waals surface area contributed by atoms with Crippen molar-refractivity contribution < 1.29 is 38.1 Å². The summed E-state index contributed by atoms with van der Waals surface area (Å²) in [5.74, 6) is -1.34. The minimum absolute atomic E-state index is 0.00576. The molecule has 0 aliphatic carbocycles. The Labute approximate surface area is 319 Å². The van der Waals surface area contributed by atoms with Crippen molar-refractivity contribution >= 4 is 92.7 Å². The van der Waals surface area contributed by atoms with Crippen LogP contribution in [0, 0.1) is 3.57 Å². The standard InChI is InChI=1S/C35H41IN4O8S2Si/c1-34(2,3)47-32(43)39-28-24(30(41)45-6)38-27(50-28)21-13-11-15-23(19-21)51(8,9)17-16-35(4,5)48-33(44)40-29-25(31(42)46-7)37-26(49-29)20-12-10-14-22(36)18-20/h10-15,18-19H,16-17H2,1-9H3,(H,39,43)(H,40,44). The molecule has 0 atom stereocenters. The molecule has 0 bridgehead atoms. The highest BCUT2D eigenvalue weighted by Crippen LogP contribution is 2.35. The lowest BCUT2D eigenvalue weighted by molar-refractivity contribution is 0.0459. The van der Waals surface area contributed by atoms with E-state index in [0.717, 1.165) is 37.3 Å². The molecule has 16 heteroatoms. The van der Waals surface area contributed by atoms with E-state index in [-0.39, 0.29) is 21.4 Å². The molecule has 0 saturated carbocycles. The third-order valence-electron chi connectivity index (χ3n) is 7.53. The SMILES string of the molecule is COC(=O)c1nc(-c2cccc([Si](C)(C)CCC(C)(C)OC(=O)Nc3sc(-c4cccc(I)c4)nc3C(=O)OC)c2)sc1NC(=O)OC(C)(C)C. The molecule has 0 aliphatic rings. The van der Waals surface area contributed by atoms with E-state index in [1.807, 2.05) is 56.3 Å². The molecule has 0 fully saturated rings. The van der Waals surface area contributed by atoms with E-state index in [1.165, 1.54) is 25.6 Å². The molecule has 12 nitrogen and oxygen atoms in total. The second kappa shape index (κ2) is 16.2. The van der Waals surface area contributed by atoms with Gasteiger partial charge in [0.1, 0.15) is 31.2 Å². The van der Waals surface area contributed by atoms with Gasteiger partial charge in [-0.3, -0.25) is 10.6 Å². The summed E-state index contributed by atoms with van der Waals surface area (Å²) in [5.41, 5.74) is 0.0282. The number of rotatable bonds is 11.